The molecule has 1 N–H and O–H groups in total. The highest BCUT2D eigenvalue weighted by Crippen LogP contribution is 2.24. The summed E-state index contributed by atoms with van der Waals surface area (Å²) in [5.74, 6) is 2.02. The number of anilines is 1. The van der Waals surface area contributed by atoms with Crippen molar-refractivity contribution in [3.05, 3.63) is 54.0 Å². The molecule has 0 aliphatic carbocycles. The zero-order valence-electron chi connectivity index (χ0n) is 16.4. The minimum Gasteiger partial charge on any atom is -0.355 e. The lowest BCUT2D eigenvalue weighted by Gasteiger charge is -2.32. The lowest BCUT2D eigenvalue weighted by atomic mass is 9.90. The van der Waals surface area contributed by atoms with Crippen LogP contribution in [0, 0.1) is 11.8 Å². The highest BCUT2D eigenvalue weighted by molar-refractivity contribution is 5.91. The van der Waals surface area contributed by atoms with Crippen LogP contribution in [-0.2, 0) is 6.42 Å². The Morgan fingerprint density at radius 1 is 1.15 bits per heavy atom. The molecule has 1 fully saturated rings. The van der Waals surface area contributed by atoms with E-state index in [4.69, 9.17) is 0 Å². The molecule has 1 aromatic carbocycles. The number of aromatic nitrogens is 2. The van der Waals surface area contributed by atoms with E-state index in [0.29, 0.717) is 18.2 Å². The Kier molecular flexibility index (Phi) is 6.80. The number of nitrogens with zero attached hydrogens (tertiary/aromatic N) is 3. The molecule has 2 aromatic rings. The normalized spacial score (nSPS) is 15.1. The van der Waals surface area contributed by atoms with Gasteiger partial charge in [0.1, 0.15) is 11.5 Å². The Hall–Kier alpha value is -2.43. The summed E-state index contributed by atoms with van der Waals surface area (Å²) in [6.45, 7) is 6.95. The number of rotatable bonds is 7. The molecule has 3 rings (SSSR count). The number of carbonyl (C=O) groups excluding carboxylic acids is 1. The number of nitrogens with one attached hydrogen (secondary N) is 1. The van der Waals surface area contributed by atoms with Gasteiger partial charge in [0.15, 0.2) is 0 Å². The second kappa shape index (κ2) is 9.49. The van der Waals surface area contributed by atoms with E-state index in [2.05, 4.69) is 64.4 Å². The van der Waals surface area contributed by atoms with Crippen LogP contribution in [0.4, 0.5) is 5.82 Å². The van der Waals surface area contributed by atoms with Crippen LogP contribution in [0.15, 0.2) is 42.7 Å². The zero-order valence-corrected chi connectivity index (χ0v) is 16.4. The van der Waals surface area contributed by atoms with Gasteiger partial charge < -0.3 is 10.2 Å². The molecule has 5 heteroatoms. The van der Waals surface area contributed by atoms with Gasteiger partial charge in [0.25, 0.3) is 5.91 Å². The first kappa shape index (κ1) is 19.3. The van der Waals surface area contributed by atoms with Crippen LogP contribution in [0.3, 0.4) is 0 Å². The minimum atomic E-state index is -0.142. The Bertz CT molecular complexity index is 707. The van der Waals surface area contributed by atoms with Crippen molar-refractivity contribution in [3.8, 4) is 0 Å². The molecule has 5 nitrogen and oxygen atoms in total. The molecule has 0 unspecified atom stereocenters. The quantitative estimate of drug-likeness (QED) is 0.811. The number of carbonyl (C=O) groups is 1. The third-order valence-corrected chi connectivity index (χ3v) is 5.18. The van der Waals surface area contributed by atoms with Crippen molar-refractivity contribution in [3.63, 3.8) is 0 Å². The maximum absolute atomic E-state index is 12.1. The van der Waals surface area contributed by atoms with Crippen LogP contribution in [0.2, 0.25) is 0 Å². The third kappa shape index (κ3) is 5.78. The van der Waals surface area contributed by atoms with E-state index < -0.39 is 0 Å². The average molecular weight is 367 g/mol. The van der Waals surface area contributed by atoms with Gasteiger partial charge >= 0.3 is 0 Å². The summed E-state index contributed by atoms with van der Waals surface area (Å²) >= 11 is 0. The Morgan fingerprint density at radius 3 is 2.52 bits per heavy atom. The topological polar surface area (TPSA) is 58.1 Å². The fourth-order valence-corrected chi connectivity index (χ4v) is 3.48. The van der Waals surface area contributed by atoms with Crippen LogP contribution in [-0.4, -0.2) is 35.5 Å². The number of piperidine rings is 1. The van der Waals surface area contributed by atoms with Crippen molar-refractivity contribution in [1.29, 1.82) is 0 Å². The summed E-state index contributed by atoms with van der Waals surface area (Å²) in [6, 6.07) is 10.7. The molecule has 1 aliphatic heterocycles. The van der Waals surface area contributed by atoms with Crippen molar-refractivity contribution < 1.29 is 4.79 Å². The summed E-state index contributed by atoms with van der Waals surface area (Å²) in [6.07, 6.45) is 7.76. The first-order valence-electron chi connectivity index (χ1n) is 10.0. The molecule has 0 atom stereocenters. The summed E-state index contributed by atoms with van der Waals surface area (Å²) < 4.78 is 0. The molecule has 0 radical (unpaired) electrons. The Morgan fingerprint density at radius 2 is 1.89 bits per heavy atom. The van der Waals surface area contributed by atoms with Gasteiger partial charge in [-0.2, -0.15) is 0 Å². The fraction of sp³-hybridized carbons (Fsp3) is 0.500. The molecule has 1 aliphatic rings. The highest BCUT2D eigenvalue weighted by atomic mass is 16.1. The van der Waals surface area contributed by atoms with Crippen LogP contribution in [0.5, 0.6) is 0 Å². The molecule has 0 bridgehead atoms. The molecule has 2 heterocycles. The van der Waals surface area contributed by atoms with Gasteiger partial charge in [0, 0.05) is 19.6 Å². The molecule has 27 heavy (non-hydrogen) atoms. The molecular formula is C22H30N4O. The van der Waals surface area contributed by atoms with Gasteiger partial charge in [-0.25, -0.2) is 9.97 Å². The van der Waals surface area contributed by atoms with Crippen LogP contribution >= 0.6 is 0 Å². The number of amides is 1. The predicted octanol–water partition coefficient (Wildman–Crippen LogP) is 3.71. The zero-order chi connectivity index (χ0) is 19.1. The highest BCUT2D eigenvalue weighted by Gasteiger charge is 2.21. The van der Waals surface area contributed by atoms with Gasteiger partial charge in [-0.15, -0.1) is 0 Å². The van der Waals surface area contributed by atoms with Crippen molar-refractivity contribution in [2.45, 2.75) is 39.5 Å². The SMILES string of the molecule is CC(C)CCNC(=O)c1cnc(N2CCC(Cc3ccccc3)CC2)cn1. The second-order valence-corrected chi connectivity index (χ2v) is 7.82. The lowest BCUT2D eigenvalue weighted by molar-refractivity contribution is 0.0946. The molecule has 1 amide bonds. The molecule has 0 spiro atoms. The first-order valence-corrected chi connectivity index (χ1v) is 10.0. The standard InChI is InChI=1S/C22H30N4O/c1-17(2)8-11-23-22(27)20-15-25-21(16-24-20)26-12-9-19(10-13-26)14-18-6-4-3-5-7-18/h3-7,15-17,19H,8-14H2,1-2H3,(H,23,27). The second-order valence-electron chi connectivity index (χ2n) is 7.82. The largest absolute Gasteiger partial charge is 0.355 e. The summed E-state index contributed by atoms with van der Waals surface area (Å²) in [5.41, 5.74) is 1.81. The van der Waals surface area contributed by atoms with Gasteiger partial charge in [-0.1, -0.05) is 44.2 Å². The van der Waals surface area contributed by atoms with Crippen LogP contribution in [0.25, 0.3) is 0 Å². The van der Waals surface area contributed by atoms with Crippen LogP contribution in [0.1, 0.15) is 49.2 Å². The molecule has 0 saturated carbocycles. The predicted molar refractivity (Wildman–Crippen MR) is 109 cm³/mol. The van der Waals surface area contributed by atoms with E-state index in [1.807, 2.05) is 0 Å². The van der Waals surface area contributed by atoms with Crippen molar-refractivity contribution in [1.82, 2.24) is 15.3 Å². The van der Waals surface area contributed by atoms with Crippen molar-refractivity contribution in [2.24, 2.45) is 11.8 Å². The summed E-state index contributed by atoms with van der Waals surface area (Å²) in [7, 11) is 0. The molecule has 1 saturated heterocycles. The van der Waals surface area contributed by atoms with Gasteiger partial charge in [0.2, 0.25) is 0 Å². The maximum atomic E-state index is 12.1. The summed E-state index contributed by atoms with van der Waals surface area (Å²) in [5, 5.41) is 2.90. The number of benzene rings is 1. The fourth-order valence-electron chi connectivity index (χ4n) is 3.48. The monoisotopic (exact) mass is 366 g/mol. The van der Waals surface area contributed by atoms with Gasteiger partial charge in [0.05, 0.1) is 12.4 Å². The minimum absolute atomic E-state index is 0.142. The third-order valence-electron chi connectivity index (χ3n) is 5.18. The van der Waals surface area contributed by atoms with E-state index in [-0.39, 0.29) is 5.91 Å². The maximum Gasteiger partial charge on any atom is 0.271 e. The summed E-state index contributed by atoms with van der Waals surface area (Å²) in [4.78, 5) is 23.2. The van der Waals surface area contributed by atoms with Gasteiger partial charge in [-0.05, 0) is 43.1 Å². The smallest absolute Gasteiger partial charge is 0.271 e. The van der Waals surface area contributed by atoms with Crippen molar-refractivity contribution in [2.75, 3.05) is 24.5 Å². The first-order chi connectivity index (χ1) is 13.1. The number of hydrogen-bond donors (Lipinski definition) is 1. The molecule has 1 aromatic heterocycles. The lowest BCUT2D eigenvalue weighted by Crippen LogP contribution is -2.35. The Balaban J connectivity index is 1.47. The van der Waals surface area contributed by atoms with Crippen LogP contribution < -0.4 is 10.2 Å². The van der Waals surface area contributed by atoms with E-state index in [0.717, 1.165) is 50.5 Å². The van der Waals surface area contributed by atoms with E-state index in [1.165, 1.54) is 5.56 Å². The Labute approximate surface area is 162 Å². The van der Waals surface area contributed by atoms with E-state index in [9.17, 15) is 4.79 Å². The molecule has 144 valence electrons. The molecular weight excluding hydrogens is 336 g/mol. The number of hydrogen-bond acceptors (Lipinski definition) is 4. The van der Waals surface area contributed by atoms with Crippen molar-refractivity contribution >= 4 is 11.7 Å². The van der Waals surface area contributed by atoms with E-state index >= 15 is 0 Å². The van der Waals surface area contributed by atoms with Gasteiger partial charge in [-0.3, -0.25) is 4.79 Å². The average Bonchev–Trinajstić information content (AvgIpc) is 2.69. The van der Waals surface area contributed by atoms with E-state index in [1.54, 1.807) is 12.4 Å².